The molecule has 1 aliphatic carbocycles. The minimum atomic E-state index is 0.707. The van der Waals surface area contributed by atoms with Gasteiger partial charge in [0.05, 0.1) is 6.54 Å². The molecule has 0 spiro atoms. The van der Waals surface area contributed by atoms with E-state index in [9.17, 15) is 0 Å². The summed E-state index contributed by atoms with van der Waals surface area (Å²) in [6, 6.07) is 0.707. The van der Waals surface area contributed by atoms with Crippen LogP contribution in [0.5, 0.6) is 0 Å². The SMILES string of the molecule is CCC1CCCCC1NC1=NCCS1. The predicted molar refractivity (Wildman–Crippen MR) is 63.9 cm³/mol. The van der Waals surface area contributed by atoms with Gasteiger partial charge in [-0.15, -0.1) is 0 Å². The Morgan fingerprint density at radius 1 is 1.43 bits per heavy atom. The van der Waals surface area contributed by atoms with Gasteiger partial charge in [-0.2, -0.15) is 0 Å². The Bertz CT molecular complexity index is 215. The maximum atomic E-state index is 4.47. The van der Waals surface area contributed by atoms with Crippen molar-refractivity contribution in [1.82, 2.24) is 5.32 Å². The standard InChI is InChI=1S/C11H20N2S/c1-2-9-5-3-4-6-10(9)13-11-12-7-8-14-11/h9-10H,2-8H2,1H3,(H,12,13). The van der Waals surface area contributed by atoms with Gasteiger partial charge in [-0.1, -0.05) is 37.9 Å². The van der Waals surface area contributed by atoms with Gasteiger partial charge in [0.15, 0.2) is 5.17 Å². The van der Waals surface area contributed by atoms with Crippen molar-refractivity contribution < 1.29 is 0 Å². The number of hydrogen-bond acceptors (Lipinski definition) is 3. The van der Waals surface area contributed by atoms with Crippen molar-refractivity contribution in [1.29, 1.82) is 0 Å². The van der Waals surface area contributed by atoms with Crippen LogP contribution in [0.1, 0.15) is 39.0 Å². The molecular formula is C11H20N2S. The number of amidine groups is 1. The fourth-order valence-corrected chi connectivity index (χ4v) is 3.26. The molecule has 1 N–H and O–H groups in total. The van der Waals surface area contributed by atoms with E-state index >= 15 is 0 Å². The third kappa shape index (κ3) is 2.44. The van der Waals surface area contributed by atoms with Gasteiger partial charge in [-0.05, 0) is 18.8 Å². The lowest BCUT2D eigenvalue weighted by atomic mass is 9.83. The van der Waals surface area contributed by atoms with Crippen LogP contribution in [0.25, 0.3) is 0 Å². The molecule has 0 radical (unpaired) electrons. The first-order valence-electron chi connectivity index (χ1n) is 5.84. The van der Waals surface area contributed by atoms with Gasteiger partial charge >= 0.3 is 0 Å². The molecule has 80 valence electrons. The van der Waals surface area contributed by atoms with E-state index in [0.29, 0.717) is 6.04 Å². The molecular weight excluding hydrogens is 192 g/mol. The summed E-state index contributed by atoms with van der Waals surface area (Å²) in [4.78, 5) is 4.47. The summed E-state index contributed by atoms with van der Waals surface area (Å²) in [5.41, 5.74) is 0. The van der Waals surface area contributed by atoms with Crippen LogP contribution in [-0.2, 0) is 0 Å². The zero-order valence-corrected chi connectivity index (χ0v) is 9.78. The van der Waals surface area contributed by atoms with Crippen molar-refractivity contribution in [2.24, 2.45) is 10.9 Å². The molecule has 0 amide bonds. The van der Waals surface area contributed by atoms with Crippen LogP contribution < -0.4 is 5.32 Å². The summed E-state index contributed by atoms with van der Waals surface area (Å²) >= 11 is 1.89. The summed E-state index contributed by atoms with van der Waals surface area (Å²) in [7, 11) is 0. The highest BCUT2D eigenvalue weighted by Crippen LogP contribution is 2.27. The summed E-state index contributed by atoms with van der Waals surface area (Å²) < 4.78 is 0. The molecule has 0 aromatic carbocycles. The number of rotatable bonds is 2. The van der Waals surface area contributed by atoms with E-state index in [4.69, 9.17) is 0 Å². The van der Waals surface area contributed by atoms with Gasteiger partial charge in [0.1, 0.15) is 0 Å². The molecule has 1 fully saturated rings. The lowest BCUT2D eigenvalue weighted by Gasteiger charge is -2.31. The zero-order chi connectivity index (χ0) is 9.80. The Kier molecular flexibility index (Phi) is 3.74. The molecule has 14 heavy (non-hydrogen) atoms. The van der Waals surface area contributed by atoms with E-state index in [-0.39, 0.29) is 0 Å². The van der Waals surface area contributed by atoms with Crippen molar-refractivity contribution in [3.8, 4) is 0 Å². The van der Waals surface area contributed by atoms with Crippen molar-refractivity contribution in [2.75, 3.05) is 12.3 Å². The molecule has 1 aliphatic heterocycles. The Balaban J connectivity index is 1.87. The molecule has 2 aliphatic rings. The first-order valence-corrected chi connectivity index (χ1v) is 6.82. The monoisotopic (exact) mass is 212 g/mol. The Labute approximate surface area is 90.9 Å². The molecule has 1 heterocycles. The molecule has 2 unspecified atom stereocenters. The molecule has 3 heteroatoms. The fourth-order valence-electron chi connectivity index (χ4n) is 2.47. The van der Waals surface area contributed by atoms with Crippen LogP contribution >= 0.6 is 11.8 Å². The third-order valence-corrected chi connectivity index (χ3v) is 4.23. The second-order valence-corrected chi connectivity index (χ2v) is 5.32. The smallest absolute Gasteiger partial charge is 0.156 e. The molecule has 0 saturated heterocycles. The van der Waals surface area contributed by atoms with Crippen molar-refractivity contribution in [2.45, 2.75) is 45.1 Å². The van der Waals surface area contributed by atoms with E-state index in [1.807, 2.05) is 11.8 Å². The minimum absolute atomic E-state index is 0.707. The topological polar surface area (TPSA) is 24.4 Å². The average Bonchev–Trinajstić information content (AvgIpc) is 2.71. The van der Waals surface area contributed by atoms with Crippen LogP contribution in [0.15, 0.2) is 4.99 Å². The lowest BCUT2D eigenvalue weighted by Crippen LogP contribution is -2.40. The van der Waals surface area contributed by atoms with Crippen LogP contribution in [0.2, 0.25) is 0 Å². The van der Waals surface area contributed by atoms with E-state index < -0.39 is 0 Å². The van der Waals surface area contributed by atoms with Crippen molar-refractivity contribution in [3.05, 3.63) is 0 Å². The van der Waals surface area contributed by atoms with Crippen LogP contribution in [0.4, 0.5) is 0 Å². The average molecular weight is 212 g/mol. The maximum Gasteiger partial charge on any atom is 0.156 e. The number of thioether (sulfide) groups is 1. The molecule has 0 aromatic heterocycles. The highest BCUT2D eigenvalue weighted by molar-refractivity contribution is 8.14. The van der Waals surface area contributed by atoms with E-state index in [1.54, 1.807) is 0 Å². The highest BCUT2D eigenvalue weighted by atomic mass is 32.2. The second-order valence-electron chi connectivity index (χ2n) is 4.24. The van der Waals surface area contributed by atoms with Crippen LogP contribution in [-0.4, -0.2) is 23.5 Å². The quantitative estimate of drug-likeness (QED) is 0.761. The molecule has 2 rings (SSSR count). The maximum absolute atomic E-state index is 4.47. The van der Waals surface area contributed by atoms with Gasteiger partial charge in [0, 0.05) is 11.8 Å². The van der Waals surface area contributed by atoms with Crippen LogP contribution in [0.3, 0.4) is 0 Å². The minimum Gasteiger partial charge on any atom is -0.362 e. The molecule has 2 nitrogen and oxygen atoms in total. The highest BCUT2D eigenvalue weighted by Gasteiger charge is 2.24. The van der Waals surface area contributed by atoms with Gasteiger partial charge in [-0.3, -0.25) is 4.99 Å². The first-order chi connectivity index (χ1) is 6.90. The number of aliphatic imine (C=N–C) groups is 1. The lowest BCUT2D eigenvalue weighted by molar-refractivity contribution is 0.281. The second kappa shape index (κ2) is 5.06. The largest absolute Gasteiger partial charge is 0.362 e. The van der Waals surface area contributed by atoms with Gasteiger partial charge < -0.3 is 5.32 Å². The first kappa shape index (κ1) is 10.3. The number of nitrogens with zero attached hydrogens (tertiary/aromatic N) is 1. The van der Waals surface area contributed by atoms with Crippen molar-refractivity contribution in [3.63, 3.8) is 0 Å². The van der Waals surface area contributed by atoms with E-state index in [1.165, 1.54) is 43.0 Å². The van der Waals surface area contributed by atoms with Gasteiger partial charge in [0.25, 0.3) is 0 Å². The van der Waals surface area contributed by atoms with Gasteiger partial charge in [-0.25, -0.2) is 0 Å². The predicted octanol–water partition coefficient (Wildman–Crippen LogP) is 2.65. The van der Waals surface area contributed by atoms with E-state index in [0.717, 1.165) is 12.5 Å². The molecule has 0 bridgehead atoms. The Hall–Kier alpha value is -0.180. The number of nitrogens with one attached hydrogen (secondary N) is 1. The summed E-state index contributed by atoms with van der Waals surface area (Å²) in [6.07, 6.45) is 6.89. The fraction of sp³-hybridized carbons (Fsp3) is 0.909. The Morgan fingerprint density at radius 2 is 2.29 bits per heavy atom. The zero-order valence-electron chi connectivity index (χ0n) is 8.96. The van der Waals surface area contributed by atoms with Gasteiger partial charge in [0.2, 0.25) is 0 Å². The molecule has 1 saturated carbocycles. The third-order valence-electron chi connectivity index (χ3n) is 3.33. The molecule has 2 atom stereocenters. The summed E-state index contributed by atoms with van der Waals surface area (Å²) in [6.45, 7) is 3.32. The van der Waals surface area contributed by atoms with E-state index in [2.05, 4.69) is 17.2 Å². The van der Waals surface area contributed by atoms with Crippen LogP contribution in [0, 0.1) is 5.92 Å². The number of hydrogen-bond donors (Lipinski definition) is 1. The Morgan fingerprint density at radius 3 is 3.00 bits per heavy atom. The normalized spacial score (nSPS) is 32.8. The molecule has 0 aromatic rings. The summed E-state index contributed by atoms with van der Waals surface area (Å²) in [5.74, 6) is 2.05. The van der Waals surface area contributed by atoms with Crippen molar-refractivity contribution >= 4 is 16.9 Å². The summed E-state index contributed by atoms with van der Waals surface area (Å²) in [5, 5.41) is 4.84.